The van der Waals surface area contributed by atoms with Gasteiger partial charge in [-0.05, 0) is 18.1 Å². The number of aryl methyl sites for hydroxylation is 1. The highest BCUT2D eigenvalue weighted by atomic mass is 79.9. The van der Waals surface area contributed by atoms with E-state index in [0.717, 1.165) is 11.1 Å². The van der Waals surface area contributed by atoms with Crippen LogP contribution in [0.15, 0.2) is 18.2 Å². The highest BCUT2D eigenvalue weighted by Gasteiger charge is 2.06. The van der Waals surface area contributed by atoms with Crippen molar-refractivity contribution in [3.8, 4) is 0 Å². The Hall–Kier alpha value is -0.340. The van der Waals surface area contributed by atoms with E-state index in [4.69, 9.17) is 11.6 Å². The Bertz CT molecular complexity index is 336. The SMILES string of the molecule is Cc1ccc(CC(=O)CBr)c(CCl)c1. The molecule has 1 aromatic rings. The van der Waals surface area contributed by atoms with Crippen LogP contribution < -0.4 is 0 Å². The summed E-state index contributed by atoms with van der Waals surface area (Å²) in [7, 11) is 0. The van der Waals surface area contributed by atoms with Crippen LogP contribution in [0.2, 0.25) is 0 Å². The largest absolute Gasteiger partial charge is 0.298 e. The molecule has 1 nitrogen and oxygen atoms in total. The predicted molar refractivity (Wildman–Crippen MR) is 63.2 cm³/mol. The van der Waals surface area contributed by atoms with Crippen molar-refractivity contribution in [2.45, 2.75) is 19.2 Å². The number of rotatable bonds is 4. The molecule has 0 bridgehead atoms. The van der Waals surface area contributed by atoms with E-state index in [-0.39, 0.29) is 5.78 Å². The average Bonchev–Trinajstić information content (AvgIpc) is 2.20. The maximum Gasteiger partial charge on any atom is 0.147 e. The Balaban J connectivity index is 2.90. The molecule has 0 amide bonds. The summed E-state index contributed by atoms with van der Waals surface area (Å²) in [6.45, 7) is 2.02. The molecule has 0 saturated carbocycles. The molecule has 0 saturated heterocycles. The van der Waals surface area contributed by atoms with Gasteiger partial charge in [-0.3, -0.25) is 4.79 Å². The fourth-order valence-electron chi connectivity index (χ4n) is 1.31. The number of carbonyl (C=O) groups excluding carboxylic acids is 1. The second kappa shape index (κ2) is 5.52. The van der Waals surface area contributed by atoms with Gasteiger partial charge in [0.1, 0.15) is 5.78 Å². The van der Waals surface area contributed by atoms with E-state index >= 15 is 0 Å². The van der Waals surface area contributed by atoms with Gasteiger partial charge in [-0.2, -0.15) is 0 Å². The third kappa shape index (κ3) is 3.10. The van der Waals surface area contributed by atoms with Crippen LogP contribution >= 0.6 is 27.5 Å². The number of alkyl halides is 2. The highest BCUT2D eigenvalue weighted by molar-refractivity contribution is 9.09. The molecule has 0 radical (unpaired) electrons. The van der Waals surface area contributed by atoms with Crippen molar-refractivity contribution in [3.63, 3.8) is 0 Å². The van der Waals surface area contributed by atoms with Crippen LogP contribution in [0.4, 0.5) is 0 Å². The maximum atomic E-state index is 11.2. The van der Waals surface area contributed by atoms with E-state index in [9.17, 15) is 4.79 Å². The number of ketones is 1. The van der Waals surface area contributed by atoms with E-state index < -0.39 is 0 Å². The number of carbonyl (C=O) groups is 1. The smallest absolute Gasteiger partial charge is 0.147 e. The number of benzene rings is 1. The van der Waals surface area contributed by atoms with Gasteiger partial charge in [0.2, 0.25) is 0 Å². The minimum atomic E-state index is 0.181. The molecule has 0 aliphatic rings. The predicted octanol–water partition coefficient (Wildman–Crippen LogP) is 3.24. The Morgan fingerprint density at radius 2 is 2.14 bits per heavy atom. The van der Waals surface area contributed by atoms with Crippen molar-refractivity contribution in [2.75, 3.05) is 5.33 Å². The molecule has 0 atom stereocenters. The summed E-state index contributed by atoms with van der Waals surface area (Å²) < 4.78 is 0. The van der Waals surface area contributed by atoms with Crippen LogP contribution in [0.5, 0.6) is 0 Å². The number of hydrogen-bond donors (Lipinski definition) is 0. The van der Waals surface area contributed by atoms with E-state index in [1.807, 2.05) is 25.1 Å². The van der Waals surface area contributed by atoms with Crippen LogP contribution in [0.1, 0.15) is 16.7 Å². The van der Waals surface area contributed by atoms with Crippen LogP contribution in [0.25, 0.3) is 0 Å². The van der Waals surface area contributed by atoms with Crippen molar-refractivity contribution in [1.82, 2.24) is 0 Å². The van der Waals surface area contributed by atoms with Crippen molar-refractivity contribution < 1.29 is 4.79 Å². The highest BCUT2D eigenvalue weighted by Crippen LogP contribution is 2.15. The zero-order valence-electron chi connectivity index (χ0n) is 8.02. The van der Waals surface area contributed by atoms with Gasteiger partial charge in [0.05, 0.1) is 5.33 Å². The number of halogens is 2. The van der Waals surface area contributed by atoms with E-state index in [2.05, 4.69) is 15.9 Å². The summed E-state index contributed by atoms with van der Waals surface area (Å²) >= 11 is 8.96. The normalized spacial score (nSPS) is 10.2. The van der Waals surface area contributed by atoms with E-state index in [1.165, 1.54) is 5.56 Å². The molecule has 1 aromatic carbocycles. The summed E-state index contributed by atoms with van der Waals surface area (Å²) in [6, 6.07) is 6.02. The lowest BCUT2D eigenvalue weighted by Crippen LogP contribution is -2.05. The molecular weight excluding hydrogens is 263 g/mol. The molecular formula is C11H12BrClO. The molecule has 14 heavy (non-hydrogen) atoms. The number of hydrogen-bond acceptors (Lipinski definition) is 1. The minimum absolute atomic E-state index is 0.181. The standard InChI is InChI=1S/C11H12BrClO/c1-8-2-3-9(5-11(14)6-12)10(4-8)7-13/h2-4H,5-7H2,1H3. The van der Waals surface area contributed by atoms with Gasteiger partial charge in [-0.25, -0.2) is 0 Å². The third-order valence-corrected chi connectivity index (χ3v) is 2.96. The summed E-state index contributed by atoms with van der Waals surface area (Å²) in [6.07, 6.45) is 0.466. The molecule has 0 fully saturated rings. The first-order chi connectivity index (χ1) is 6.67. The lowest BCUT2D eigenvalue weighted by atomic mass is 10.0. The third-order valence-electron chi connectivity index (χ3n) is 2.04. The molecule has 0 aliphatic heterocycles. The van der Waals surface area contributed by atoms with Crippen LogP contribution in [0.3, 0.4) is 0 Å². The van der Waals surface area contributed by atoms with Gasteiger partial charge in [-0.1, -0.05) is 39.7 Å². The second-order valence-electron chi connectivity index (χ2n) is 3.25. The van der Waals surface area contributed by atoms with Gasteiger partial charge in [0, 0.05) is 12.3 Å². The maximum absolute atomic E-state index is 11.2. The van der Waals surface area contributed by atoms with Crippen molar-refractivity contribution >= 4 is 33.3 Å². The molecule has 76 valence electrons. The Kier molecular flexibility index (Phi) is 4.63. The van der Waals surface area contributed by atoms with Gasteiger partial charge >= 0.3 is 0 Å². The van der Waals surface area contributed by atoms with Crippen molar-refractivity contribution in [1.29, 1.82) is 0 Å². The first-order valence-corrected chi connectivity index (χ1v) is 6.05. The average molecular weight is 276 g/mol. The van der Waals surface area contributed by atoms with Gasteiger partial charge in [0.25, 0.3) is 0 Å². The molecule has 3 heteroatoms. The second-order valence-corrected chi connectivity index (χ2v) is 4.08. The van der Waals surface area contributed by atoms with E-state index in [1.54, 1.807) is 0 Å². The zero-order valence-corrected chi connectivity index (χ0v) is 10.4. The van der Waals surface area contributed by atoms with Gasteiger partial charge < -0.3 is 0 Å². The van der Waals surface area contributed by atoms with E-state index in [0.29, 0.717) is 17.6 Å². The fourth-order valence-corrected chi connectivity index (χ4v) is 1.76. The molecule has 0 unspecified atom stereocenters. The zero-order chi connectivity index (χ0) is 10.6. The van der Waals surface area contributed by atoms with Crippen molar-refractivity contribution in [3.05, 3.63) is 34.9 Å². The van der Waals surface area contributed by atoms with Gasteiger partial charge in [-0.15, -0.1) is 11.6 Å². The monoisotopic (exact) mass is 274 g/mol. The molecule has 0 spiro atoms. The lowest BCUT2D eigenvalue weighted by Gasteiger charge is -2.06. The number of Topliss-reactive ketones (excluding diaryl/α,β-unsaturated/α-hetero) is 1. The Labute approximate surface area is 97.6 Å². The summed E-state index contributed by atoms with van der Waals surface area (Å²) in [5.74, 6) is 0.646. The first-order valence-electron chi connectivity index (χ1n) is 4.39. The Morgan fingerprint density at radius 3 is 2.71 bits per heavy atom. The van der Waals surface area contributed by atoms with Gasteiger partial charge in [0.15, 0.2) is 0 Å². The summed E-state index contributed by atoms with van der Waals surface area (Å²) in [5.41, 5.74) is 3.27. The Morgan fingerprint density at radius 1 is 1.43 bits per heavy atom. The van der Waals surface area contributed by atoms with Crippen LogP contribution in [0, 0.1) is 6.92 Å². The van der Waals surface area contributed by atoms with Crippen molar-refractivity contribution in [2.24, 2.45) is 0 Å². The van der Waals surface area contributed by atoms with Crippen LogP contribution in [-0.2, 0) is 17.1 Å². The lowest BCUT2D eigenvalue weighted by molar-refractivity contribution is -0.115. The molecule has 0 heterocycles. The van der Waals surface area contributed by atoms with Crippen LogP contribution in [-0.4, -0.2) is 11.1 Å². The molecule has 0 N–H and O–H groups in total. The minimum Gasteiger partial charge on any atom is -0.298 e. The topological polar surface area (TPSA) is 17.1 Å². The first kappa shape index (κ1) is 11.7. The molecule has 0 aliphatic carbocycles. The quantitative estimate of drug-likeness (QED) is 0.771. The summed E-state index contributed by atoms with van der Waals surface area (Å²) in [5, 5.41) is 0.405. The summed E-state index contributed by atoms with van der Waals surface area (Å²) in [4.78, 5) is 11.2. The molecule has 0 aromatic heterocycles. The fraction of sp³-hybridized carbons (Fsp3) is 0.364. The molecule has 1 rings (SSSR count).